The molecule has 1 aromatic carbocycles. The minimum Gasteiger partial charge on any atom is -0.321 e. The van der Waals surface area contributed by atoms with Crippen LogP contribution in [-0.2, 0) is 4.79 Å². The van der Waals surface area contributed by atoms with Crippen molar-refractivity contribution in [3.8, 4) is 0 Å². The van der Waals surface area contributed by atoms with Crippen molar-refractivity contribution in [1.82, 2.24) is 0 Å². The fourth-order valence-electron chi connectivity index (χ4n) is 0.911. The highest BCUT2D eigenvalue weighted by Gasteiger charge is 2.11. The summed E-state index contributed by atoms with van der Waals surface area (Å²) < 4.78 is 0. The summed E-state index contributed by atoms with van der Waals surface area (Å²) in [5.74, 6) is 0.295. The quantitative estimate of drug-likeness (QED) is 0.704. The van der Waals surface area contributed by atoms with Crippen LogP contribution in [0.15, 0.2) is 30.3 Å². The first-order valence-electron chi connectivity index (χ1n) is 4.04. The van der Waals surface area contributed by atoms with Crippen LogP contribution < -0.4 is 5.73 Å². The van der Waals surface area contributed by atoms with Crippen LogP contribution in [0.4, 0.5) is 0 Å². The molecule has 0 aliphatic rings. The largest absolute Gasteiger partial charge is 0.321 e. The molecule has 0 heterocycles. The van der Waals surface area contributed by atoms with Crippen molar-refractivity contribution in [1.29, 1.82) is 0 Å². The van der Waals surface area contributed by atoms with Gasteiger partial charge in [-0.1, -0.05) is 30.3 Å². The standard InChI is InChI=1S/C10H12NOS/c11-9(7-13)10(12)6-8-4-2-1-3-5-8/h1-6,9,13H,7,11H2/t9-/m1/s1. The molecule has 0 unspecified atom stereocenters. The molecule has 0 fully saturated rings. The topological polar surface area (TPSA) is 43.1 Å². The van der Waals surface area contributed by atoms with E-state index in [4.69, 9.17) is 5.73 Å². The molecular formula is C10H12NOS. The molecule has 0 aromatic heterocycles. The average molecular weight is 194 g/mol. The Morgan fingerprint density at radius 3 is 2.62 bits per heavy atom. The third-order valence-corrected chi connectivity index (χ3v) is 2.06. The van der Waals surface area contributed by atoms with E-state index in [9.17, 15) is 4.79 Å². The number of nitrogens with two attached hydrogens (primary N) is 1. The molecule has 69 valence electrons. The highest BCUT2D eigenvalue weighted by molar-refractivity contribution is 7.80. The highest BCUT2D eigenvalue weighted by Crippen LogP contribution is 2.04. The van der Waals surface area contributed by atoms with Gasteiger partial charge in [-0.2, -0.15) is 12.6 Å². The second-order valence-corrected chi connectivity index (χ2v) is 3.11. The number of carbonyl (C=O) groups excluding carboxylic acids is 1. The van der Waals surface area contributed by atoms with E-state index in [0.717, 1.165) is 5.56 Å². The number of hydrogen-bond donors (Lipinski definition) is 2. The molecule has 0 bridgehead atoms. The van der Waals surface area contributed by atoms with Crippen LogP contribution in [0, 0.1) is 6.42 Å². The first-order valence-corrected chi connectivity index (χ1v) is 4.67. The number of benzene rings is 1. The smallest absolute Gasteiger partial charge is 0.158 e. The van der Waals surface area contributed by atoms with Crippen LogP contribution >= 0.6 is 12.6 Å². The summed E-state index contributed by atoms with van der Waals surface area (Å²) in [4.78, 5) is 11.3. The van der Waals surface area contributed by atoms with E-state index in [-0.39, 0.29) is 5.78 Å². The van der Waals surface area contributed by atoms with Gasteiger partial charge in [0.2, 0.25) is 0 Å². The Bertz CT molecular complexity index is 274. The summed E-state index contributed by atoms with van der Waals surface area (Å²) in [6, 6.07) is 8.90. The van der Waals surface area contributed by atoms with Gasteiger partial charge in [-0.15, -0.1) is 0 Å². The van der Waals surface area contributed by atoms with Crippen LogP contribution in [0.1, 0.15) is 5.56 Å². The molecular weight excluding hydrogens is 182 g/mol. The van der Waals surface area contributed by atoms with Crippen molar-refractivity contribution < 1.29 is 4.79 Å². The number of rotatable bonds is 4. The van der Waals surface area contributed by atoms with E-state index in [2.05, 4.69) is 12.6 Å². The Morgan fingerprint density at radius 2 is 2.08 bits per heavy atom. The van der Waals surface area contributed by atoms with Gasteiger partial charge in [0, 0.05) is 5.75 Å². The molecule has 2 N–H and O–H groups in total. The average Bonchev–Trinajstić information content (AvgIpc) is 2.18. The molecule has 3 heteroatoms. The van der Waals surface area contributed by atoms with Crippen molar-refractivity contribution in [3.05, 3.63) is 42.3 Å². The van der Waals surface area contributed by atoms with E-state index >= 15 is 0 Å². The van der Waals surface area contributed by atoms with Gasteiger partial charge in [0.1, 0.15) is 0 Å². The molecule has 2 nitrogen and oxygen atoms in total. The Labute approximate surface area is 83.5 Å². The SMILES string of the molecule is N[C@H](CS)C(=O)[CH]c1ccccc1. The minimum absolute atomic E-state index is 0.0822. The van der Waals surface area contributed by atoms with E-state index in [1.807, 2.05) is 30.3 Å². The summed E-state index contributed by atoms with van der Waals surface area (Å²) in [6.45, 7) is 0. The predicted molar refractivity (Wildman–Crippen MR) is 56.7 cm³/mol. The minimum atomic E-state index is -0.497. The third kappa shape index (κ3) is 3.20. The molecule has 13 heavy (non-hydrogen) atoms. The van der Waals surface area contributed by atoms with Crippen LogP contribution in [0.3, 0.4) is 0 Å². The number of thiol groups is 1. The molecule has 0 aliphatic heterocycles. The number of hydrogen-bond acceptors (Lipinski definition) is 3. The molecule has 0 amide bonds. The number of carbonyl (C=O) groups is 1. The fraction of sp³-hybridized carbons (Fsp3) is 0.200. The summed E-state index contributed by atoms with van der Waals surface area (Å²) in [5.41, 5.74) is 6.39. The molecule has 1 atom stereocenters. The highest BCUT2D eigenvalue weighted by atomic mass is 32.1. The van der Waals surface area contributed by atoms with E-state index in [1.165, 1.54) is 0 Å². The van der Waals surface area contributed by atoms with Crippen LogP contribution in [0.2, 0.25) is 0 Å². The van der Waals surface area contributed by atoms with Gasteiger partial charge in [-0.25, -0.2) is 0 Å². The zero-order chi connectivity index (χ0) is 9.68. The molecule has 1 radical (unpaired) electrons. The summed E-state index contributed by atoms with van der Waals surface area (Å²) in [5, 5.41) is 0. The Hall–Kier alpha value is -0.800. The second-order valence-electron chi connectivity index (χ2n) is 2.75. The van der Waals surface area contributed by atoms with Crippen molar-refractivity contribution >= 4 is 18.4 Å². The summed E-state index contributed by atoms with van der Waals surface area (Å²) in [7, 11) is 0. The lowest BCUT2D eigenvalue weighted by atomic mass is 10.1. The van der Waals surface area contributed by atoms with Gasteiger partial charge in [-0.05, 0) is 5.56 Å². The second kappa shape index (κ2) is 5.04. The Kier molecular flexibility index (Phi) is 3.99. The first-order chi connectivity index (χ1) is 6.24. The maximum Gasteiger partial charge on any atom is 0.158 e. The van der Waals surface area contributed by atoms with Gasteiger partial charge in [0.15, 0.2) is 5.78 Å². The van der Waals surface area contributed by atoms with Crippen molar-refractivity contribution in [3.63, 3.8) is 0 Å². The lowest BCUT2D eigenvalue weighted by molar-refractivity contribution is -0.116. The monoisotopic (exact) mass is 194 g/mol. The Morgan fingerprint density at radius 1 is 1.46 bits per heavy atom. The zero-order valence-corrected chi connectivity index (χ0v) is 8.08. The summed E-state index contributed by atoms with van der Waals surface area (Å²) in [6.07, 6.45) is 1.54. The van der Waals surface area contributed by atoms with Crippen LogP contribution in [0.5, 0.6) is 0 Å². The van der Waals surface area contributed by atoms with E-state index in [1.54, 1.807) is 6.42 Å². The number of ketones is 1. The van der Waals surface area contributed by atoms with Crippen LogP contribution in [0.25, 0.3) is 0 Å². The van der Waals surface area contributed by atoms with E-state index < -0.39 is 6.04 Å². The Balaban J connectivity index is 2.55. The molecule has 0 saturated carbocycles. The fourth-order valence-corrected chi connectivity index (χ4v) is 1.09. The van der Waals surface area contributed by atoms with Crippen molar-refractivity contribution in [2.45, 2.75) is 6.04 Å². The van der Waals surface area contributed by atoms with Gasteiger partial charge < -0.3 is 5.73 Å². The molecule has 0 aliphatic carbocycles. The number of Topliss-reactive ketones (excluding diaryl/α,β-unsaturated/α-hetero) is 1. The molecule has 0 spiro atoms. The zero-order valence-electron chi connectivity index (χ0n) is 7.18. The van der Waals surface area contributed by atoms with Crippen molar-refractivity contribution in [2.75, 3.05) is 5.75 Å². The molecule has 1 aromatic rings. The van der Waals surface area contributed by atoms with Crippen LogP contribution in [-0.4, -0.2) is 17.6 Å². The van der Waals surface area contributed by atoms with E-state index in [0.29, 0.717) is 5.75 Å². The normalized spacial score (nSPS) is 12.5. The predicted octanol–water partition coefficient (Wildman–Crippen LogP) is 1.07. The summed E-state index contributed by atoms with van der Waals surface area (Å²) >= 11 is 3.96. The lowest BCUT2D eigenvalue weighted by Crippen LogP contribution is -2.32. The maximum absolute atomic E-state index is 11.3. The molecule has 1 rings (SSSR count). The van der Waals surface area contributed by atoms with Gasteiger partial charge in [-0.3, -0.25) is 4.79 Å². The lowest BCUT2D eigenvalue weighted by Gasteiger charge is -2.05. The van der Waals surface area contributed by atoms with Gasteiger partial charge >= 0.3 is 0 Å². The van der Waals surface area contributed by atoms with Crippen molar-refractivity contribution in [2.24, 2.45) is 5.73 Å². The maximum atomic E-state index is 11.3. The van der Waals surface area contributed by atoms with Gasteiger partial charge in [0.05, 0.1) is 12.5 Å². The molecule has 0 saturated heterocycles. The third-order valence-electron chi connectivity index (χ3n) is 1.67. The first kappa shape index (κ1) is 10.3. The van der Waals surface area contributed by atoms with Gasteiger partial charge in [0.25, 0.3) is 0 Å².